The zero-order valence-electron chi connectivity index (χ0n) is 10.2. The van der Waals surface area contributed by atoms with Crippen molar-refractivity contribution in [3.63, 3.8) is 0 Å². The van der Waals surface area contributed by atoms with Crippen LogP contribution in [0.3, 0.4) is 0 Å². The maximum Gasteiger partial charge on any atom is 0.0717 e. The largest absolute Gasteiger partial charge is 0.398 e. The zero-order chi connectivity index (χ0) is 12.2. The predicted molar refractivity (Wildman–Crippen MR) is 72.3 cm³/mol. The summed E-state index contributed by atoms with van der Waals surface area (Å²) in [5.74, 6) is 0. The van der Waals surface area contributed by atoms with E-state index in [0.717, 1.165) is 28.8 Å². The first-order chi connectivity index (χ1) is 7.38. The Bertz CT molecular complexity index is 344. The maximum absolute atomic E-state index is 5.79. The van der Waals surface area contributed by atoms with E-state index in [-0.39, 0.29) is 0 Å². The Morgan fingerprint density at radius 1 is 1.31 bits per heavy atom. The first kappa shape index (κ1) is 13.5. The number of hydrogen-bond acceptors (Lipinski definition) is 2. The molecule has 2 nitrogen and oxygen atoms in total. The molecule has 0 atom stereocenters. The van der Waals surface area contributed by atoms with Crippen molar-refractivity contribution in [1.29, 1.82) is 0 Å². The number of nitrogens with two attached hydrogens (primary N) is 1. The summed E-state index contributed by atoms with van der Waals surface area (Å²) in [7, 11) is 0. The van der Waals surface area contributed by atoms with Crippen molar-refractivity contribution in [3.05, 3.63) is 28.2 Å². The molecule has 2 N–H and O–H groups in total. The molecule has 0 aliphatic carbocycles. The molecule has 0 aromatic heterocycles. The number of ether oxygens (including phenoxy) is 1. The Balaban J connectivity index is 2.35. The smallest absolute Gasteiger partial charge is 0.0717 e. The molecule has 16 heavy (non-hydrogen) atoms. The van der Waals surface area contributed by atoms with Gasteiger partial charge in [-0.1, -0.05) is 26.8 Å². The van der Waals surface area contributed by atoms with Crippen LogP contribution in [0.2, 0.25) is 0 Å². The second-order valence-electron chi connectivity index (χ2n) is 5.22. The number of hydrogen-bond donors (Lipinski definition) is 1. The van der Waals surface area contributed by atoms with Crippen molar-refractivity contribution in [2.45, 2.75) is 33.8 Å². The minimum Gasteiger partial charge on any atom is -0.398 e. The molecule has 0 aliphatic heterocycles. The summed E-state index contributed by atoms with van der Waals surface area (Å²) < 4.78 is 6.56. The molecule has 0 spiro atoms. The highest BCUT2D eigenvalue weighted by Crippen LogP contribution is 2.21. The second kappa shape index (κ2) is 5.69. The van der Waals surface area contributed by atoms with Crippen LogP contribution in [0.25, 0.3) is 0 Å². The van der Waals surface area contributed by atoms with Gasteiger partial charge in [-0.25, -0.2) is 0 Å². The van der Waals surface area contributed by atoms with E-state index in [1.54, 1.807) is 0 Å². The van der Waals surface area contributed by atoms with Crippen LogP contribution in [-0.4, -0.2) is 6.61 Å². The summed E-state index contributed by atoms with van der Waals surface area (Å²) in [5.41, 5.74) is 8.00. The molecule has 0 saturated carbocycles. The lowest BCUT2D eigenvalue weighted by molar-refractivity contribution is 0.0962. The third-order valence-corrected chi connectivity index (χ3v) is 3.05. The fourth-order valence-corrected chi connectivity index (χ4v) is 1.50. The Morgan fingerprint density at radius 3 is 2.56 bits per heavy atom. The molecule has 90 valence electrons. The van der Waals surface area contributed by atoms with E-state index in [2.05, 4.69) is 36.7 Å². The normalized spacial score (nSPS) is 11.8. The Kier molecular flexibility index (Phi) is 4.81. The highest BCUT2D eigenvalue weighted by Gasteiger charge is 2.09. The fraction of sp³-hybridized carbons (Fsp3) is 0.538. The summed E-state index contributed by atoms with van der Waals surface area (Å²) in [6, 6.07) is 5.93. The molecule has 0 unspecified atom stereocenters. The third-order valence-electron chi connectivity index (χ3n) is 2.33. The van der Waals surface area contributed by atoms with Gasteiger partial charge in [-0.2, -0.15) is 0 Å². The highest BCUT2D eigenvalue weighted by atomic mass is 79.9. The predicted octanol–water partition coefficient (Wildman–Crippen LogP) is 3.98. The first-order valence-electron chi connectivity index (χ1n) is 5.50. The van der Waals surface area contributed by atoms with E-state index in [4.69, 9.17) is 10.5 Å². The van der Waals surface area contributed by atoms with Gasteiger partial charge in [-0.3, -0.25) is 0 Å². The van der Waals surface area contributed by atoms with Gasteiger partial charge in [0.05, 0.1) is 6.61 Å². The van der Waals surface area contributed by atoms with E-state index in [0.29, 0.717) is 12.0 Å². The lowest BCUT2D eigenvalue weighted by Gasteiger charge is -2.17. The van der Waals surface area contributed by atoms with Crippen LogP contribution in [0, 0.1) is 5.41 Å². The van der Waals surface area contributed by atoms with Crippen molar-refractivity contribution >= 4 is 21.6 Å². The van der Waals surface area contributed by atoms with Crippen LogP contribution in [0.4, 0.5) is 5.69 Å². The number of halogens is 1. The summed E-state index contributed by atoms with van der Waals surface area (Å²) in [4.78, 5) is 0. The van der Waals surface area contributed by atoms with Gasteiger partial charge in [-0.05, 0) is 45.5 Å². The highest BCUT2D eigenvalue weighted by molar-refractivity contribution is 9.10. The Morgan fingerprint density at radius 2 is 2.00 bits per heavy atom. The van der Waals surface area contributed by atoms with E-state index in [1.165, 1.54) is 0 Å². The number of nitrogen functional groups attached to an aromatic ring is 1. The molecule has 0 fully saturated rings. The molecular weight excluding hydrogens is 266 g/mol. The van der Waals surface area contributed by atoms with E-state index < -0.39 is 0 Å². The van der Waals surface area contributed by atoms with E-state index >= 15 is 0 Å². The van der Waals surface area contributed by atoms with Crippen molar-refractivity contribution in [2.75, 3.05) is 12.3 Å². The summed E-state index contributed by atoms with van der Waals surface area (Å²) in [6.07, 6.45) is 1.07. The van der Waals surface area contributed by atoms with Crippen LogP contribution < -0.4 is 5.73 Å². The van der Waals surface area contributed by atoms with E-state index in [9.17, 15) is 0 Å². The van der Waals surface area contributed by atoms with Crippen molar-refractivity contribution in [2.24, 2.45) is 5.41 Å². The molecule has 0 amide bonds. The molecule has 0 heterocycles. The average Bonchev–Trinajstić information content (AvgIpc) is 2.17. The topological polar surface area (TPSA) is 35.2 Å². The molecule has 0 radical (unpaired) electrons. The summed E-state index contributed by atoms with van der Waals surface area (Å²) >= 11 is 3.37. The number of rotatable bonds is 4. The monoisotopic (exact) mass is 285 g/mol. The van der Waals surface area contributed by atoms with Crippen LogP contribution in [0.1, 0.15) is 32.8 Å². The average molecular weight is 286 g/mol. The van der Waals surface area contributed by atoms with Crippen LogP contribution in [-0.2, 0) is 11.3 Å². The molecule has 0 saturated heterocycles. The number of anilines is 1. The van der Waals surface area contributed by atoms with Gasteiger partial charge in [0, 0.05) is 16.8 Å². The molecule has 1 aromatic rings. The molecule has 0 bridgehead atoms. The SMILES string of the molecule is CC(C)(C)CCOCc1ccc(Br)c(N)c1. The third kappa shape index (κ3) is 4.99. The maximum atomic E-state index is 5.79. The van der Waals surface area contributed by atoms with Gasteiger partial charge < -0.3 is 10.5 Å². The quantitative estimate of drug-likeness (QED) is 0.671. The standard InChI is InChI=1S/C13H20BrNO/c1-13(2,3)6-7-16-9-10-4-5-11(14)12(15)8-10/h4-5,8H,6-7,9,15H2,1-3H3. The molecule has 3 heteroatoms. The summed E-state index contributed by atoms with van der Waals surface area (Å²) in [6.45, 7) is 8.07. The lowest BCUT2D eigenvalue weighted by Crippen LogP contribution is -2.09. The van der Waals surface area contributed by atoms with Crippen LogP contribution >= 0.6 is 15.9 Å². The molecular formula is C13H20BrNO. The Hall–Kier alpha value is -0.540. The minimum atomic E-state index is 0.332. The fourth-order valence-electron chi connectivity index (χ4n) is 1.25. The first-order valence-corrected chi connectivity index (χ1v) is 6.29. The van der Waals surface area contributed by atoms with Gasteiger partial charge in [0.1, 0.15) is 0 Å². The lowest BCUT2D eigenvalue weighted by atomic mass is 9.93. The van der Waals surface area contributed by atoms with Crippen LogP contribution in [0.15, 0.2) is 22.7 Å². The Labute approximate surface area is 106 Å². The van der Waals surface area contributed by atoms with Gasteiger partial charge in [0.15, 0.2) is 0 Å². The molecule has 1 rings (SSSR count). The van der Waals surface area contributed by atoms with Crippen LogP contribution in [0.5, 0.6) is 0 Å². The van der Waals surface area contributed by atoms with Gasteiger partial charge in [0.25, 0.3) is 0 Å². The minimum absolute atomic E-state index is 0.332. The van der Waals surface area contributed by atoms with Crippen molar-refractivity contribution in [3.8, 4) is 0 Å². The second-order valence-corrected chi connectivity index (χ2v) is 6.07. The van der Waals surface area contributed by atoms with Gasteiger partial charge in [0.2, 0.25) is 0 Å². The van der Waals surface area contributed by atoms with E-state index in [1.807, 2.05) is 18.2 Å². The molecule has 1 aromatic carbocycles. The van der Waals surface area contributed by atoms with Crippen molar-refractivity contribution < 1.29 is 4.74 Å². The van der Waals surface area contributed by atoms with Crippen molar-refractivity contribution in [1.82, 2.24) is 0 Å². The van der Waals surface area contributed by atoms with Gasteiger partial charge >= 0.3 is 0 Å². The zero-order valence-corrected chi connectivity index (χ0v) is 11.8. The number of benzene rings is 1. The van der Waals surface area contributed by atoms with Gasteiger partial charge in [-0.15, -0.1) is 0 Å². The summed E-state index contributed by atoms with van der Waals surface area (Å²) in [5, 5.41) is 0. The molecule has 0 aliphatic rings.